The summed E-state index contributed by atoms with van der Waals surface area (Å²) in [6.07, 6.45) is 2.73. The van der Waals surface area contributed by atoms with Crippen molar-refractivity contribution >= 4 is 23.2 Å². The van der Waals surface area contributed by atoms with Gasteiger partial charge in [-0.25, -0.2) is 4.79 Å². The highest BCUT2D eigenvalue weighted by Gasteiger charge is 2.50. The summed E-state index contributed by atoms with van der Waals surface area (Å²) in [5.74, 6) is 0.321. The van der Waals surface area contributed by atoms with Crippen LogP contribution in [0.5, 0.6) is 0 Å². The van der Waals surface area contributed by atoms with E-state index < -0.39 is 11.2 Å². The van der Waals surface area contributed by atoms with Gasteiger partial charge < -0.3 is 19.9 Å². The third-order valence-corrected chi connectivity index (χ3v) is 5.37. The molecule has 7 heteroatoms. The number of carbonyl (C=O) groups is 2. The number of amides is 2. The van der Waals surface area contributed by atoms with Gasteiger partial charge in [0.1, 0.15) is 23.1 Å². The molecular weight excluding hydrogens is 256 g/mol. The SMILES string of the molecule is COC(=O)CCCCC1[C@H]2NC(=O)N[C@H]2C[S@+]1[O-]. The van der Waals surface area contributed by atoms with Gasteiger partial charge in [0.15, 0.2) is 0 Å². The normalized spacial score (nSPS) is 33.8. The Kier molecular flexibility index (Phi) is 4.34. The fourth-order valence-electron chi connectivity index (χ4n) is 2.54. The highest BCUT2D eigenvalue weighted by atomic mass is 32.2. The van der Waals surface area contributed by atoms with Gasteiger partial charge in [0.2, 0.25) is 0 Å². The summed E-state index contributed by atoms with van der Waals surface area (Å²) in [4.78, 5) is 22.1. The number of nitrogens with one attached hydrogen (secondary N) is 2. The second kappa shape index (κ2) is 5.79. The predicted molar refractivity (Wildman–Crippen MR) is 66.5 cm³/mol. The first-order chi connectivity index (χ1) is 8.61. The van der Waals surface area contributed by atoms with E-state index in [9.17, 15) is 14.1 Å². The molecule has 0 aromatic rings. The molecule has 4 atom stereocenters. The zero-order chi connectivity index (χ0) is 13.1. The van der Waals surface area contributed by atoms with Crippen LogP contribution in [0.25, 0.3) is 0 Å². The minimum absolute atomic E-state index is 0.00365. The van der Waals surface area contributed by atoms with E-state index in [4.69, 9.17) is 0 Å². The van der Waals surface area contributed by atoms with E-state index in [1.165, 1.54) is 7.11 Å². The third-order valence-electron chi connectivity index (χ3n) is 3.48. The molecule has 102 valence electrons. The van der Waals surface area contributed by atoms with Gasteiger partial charge in [-0.05, 0) is 30.4 Å². The molecule has 0 radical (unpaired) electrons. The molecule has 6 nitrogen and oxygen atoms in total. The lowest BCUT2D eigenvalue weighted by Crippen LogP contribution is -2.39. The van der Waals surface area contributed by atoms with Gasteiger partial charge in [-0.3, -0.25) is 4.79 Å². The molecule has 0 aromatic heterocycles. The van der Waals surface area contributed by atoms with E-state index in [1.54, 1.807) is 0 Å². The summed E-state index contributed by atoms with van der Waals surface area (Å²) in [6.45, 7) is 0. The number of fused-ring (bicyclic) bond motifs is 1. The number of methoxy groups -OCH3 is 1. The number of unbranched alkanes of at least 4 members (excludes halogenated alkanes) is 1. The molecule has 0 spiro atoms. The molecule has 2 saturated heterocycles. The van der Waals surface area contributed by atoms with Crippen molar-refractivity contribution in [3.8, 4) is 0 Å². The second-order valence-corrected chi connectivity index (χ2v) is 6.36. The third kappa shape index (κ3) is 2.89. The Morgan fingerprint density at radius 1 is 1.50 bits per heavy atom. The lowest BCUT2D eigenvalue weighted by atomic mass is 10.0. The van der Waals surface area contributed by atoms with Crippen molar-refractivity contribution < 1.29 is 18.9 Å². The van der Waals surface area contributed by atoms with Gasteiger partial charge in [0.05, 0.1) is 7.11 Å². The molecule has 0 saturated carbocycles. The lowest BCUT2D eigenvalue weighted by molar-refractivity contribution is -0.140. The number of hydrogen-bond donors (Lipinski definition) is 2. The maximum Gasteiger partial charge on any atom is 0.315 e. The maximum atomic E-state index is 11.9. The Bertz CT molecular complexity index is 339. The Balaban J connectivity index is 1.75. The van der Waals surface area contributed by atoms with Crippen molar-refractivity contribution in [2.24, 2.45) is 0 Å². The second-order valence-electron chi connectivity index (χ2n) is 4.66. The predicted octanol–water partition coefficient (Wildman–Crippen LogP) is -0.0993. The zero-order valence-electron chi connectivity index (χ0n) is 10.3. The standard InChI is InChI=1S/C11H18N2O4S/c1-17-9(14)5-3-2-4-8-10-7(6-18(8)16)12-11(15)13-10/h7-8,10H,2-6H2,1H3,(H2,12,13,15)/t7-,8?,10-,18-/m0/s1. The van der Waals surface area contributed by atoms with Crippen LogP contribution in [0.2, 0.25) is 0 Å². The van der Waals surface area contributed by atoms with Gasteiger partial charge in [0.25, 0.3) is 0 Å². The van der Waals surface area contributed by atoms with Crippen LogP contribution in [-0.4, -0.2) is 46.7 Å². The number of urea groups is 1. The number of carbonyl (C=O) groups excluding carboxylic acids is 2. The molecule has 2 aliphatic heterocycles. The van der Waals surface area contributed by atoms with E-state index >= 15 is 0 Å². The summed E-state index contributed by atoms with van der Waals surface area (Å²) < 4.78 is 16.5. The molecule has 2 fully saturated rings. The van der Waals surface area contributed by atoms with Crippen LogP contribution < -0.4 is 10.6 Å². The van der Waals surface area contributed by atoms with Crippen LogP contribution in [0.1, 0.15) is 25.7 Å². The van der Waals surface area contributed by atoms with Crippen molar-refractivity contribution in [2.75, 3.05) is 12.9 Å². The molecule has 0 aliphatic carbocycles. The van der Waals surface area contributed by atoms with Crippen molar-refractivity contribution in [1.29, 1.82) is 0 Å². The van der Waals surface area contributed by atoms with E-state index in [0.717, 1.165) is 19.3 Å². The van der Waals surface area contributed by atoms with Crippen molar-refractivity contribution in [2.45, 2.75) is 43.0 Å². The number of ether oxygens (including phenoxy) is 1. The van der Waals surface area contributed by atoms with Crippen LogP contribution in [-0.2, 0) is 20.7 Å². The zero-order valence-corrected chi connectivity index (χ0v) is 11.1. The van der Waals surface area contributed by atoms with Gasteiger partial charge in [0, 0.05) is 6.42 Å². The van der Waals surface area contributed by atoms with Crippen molar-refractivity contribution in [3.05, 3.63) is 0 Å². The average Bonchev–Trinajstić information content (AvgIpc) is 2.81. The fourth-order valence-corrected chi connectivity index (χ4v) is 4.45. The molecule has 1 unspecified atom stereocenters. The quantitative estimate of drug-likeness (QED) is 0.317. The molecule has 18 heavy (non-hydrogen) atoms. The molecule has 0 bridgehead atoms. The van der Waals surface area contributed by atoms with Crippen molar-refractivity contribution in [1.82, 2.24) is 10.6 Å². The lowest BCUT2D eigenvalue weighted by Gasteiger charge is -2.17. The number of hydrogen-bond acceptors (Lipinski definition) is 4. The first-order valence-electron chi connectivity index (χ1n) is 6.13. The minimum Gasteiger partial charge on any atom is -0.616 e. The largest absolute Gasteiger partial charge is 0.616 e. The van der Waals surface area contributed by atoms with E-state index in [1.807, 2.05) is 0 Å². The Morgan fingerprint density at radius 3 is 3.00 bits per heavy atom. The molecule has 2 aliphatic rings. The number of esters is 1. The molecule has 2 N–H and O–H groups in total. The van der Waals surface area contributed by atoms with Crippen LogP contribution in [0.15, 0.2) is 0 Å². The monoisotopic (exact) mass is 274 g/mol. The van der Waals surface area contributed by atoms with Gasteiger partial charge in [-0.2, -0.15) is 0 Å². The number of rotatable bonds is 5. The highest BCUT2D eigenvalue weighted by molar-refractivity contribution is 7.92. The summed E-state index contributed by atoms with van der Waals surface area (Å²) in [5.41, 5.74) is 0. The van der Waals surface area contributed by atoms with Crippen LogP contribution in [0.4, 0.5) is 4.79 Å². The fraction of sp³-hybridized carbons (Fsp3) is 0.818. The summed E-state index contributed by atoms with van der Waals surface area (Å²) in [5, 5.41) is 5.61. The van der Waals surface area contributed by atoms with Gasteiger partial charge in [-0.1, -0.05) is 0 Å². The van der Waals surface area contributed by atoms with Crippen LogP contribution >= 0.6 is 0 Å². The maximum absolute atomic E-state index is 11.9. The van der Waals surface area contributed by atoms with Gasteiger partial charge >= 0.3 is 12.0 Å². The smallest absolute Gasteiger partial charge is 0.315 e. The van der Waals surface area contributed by atoms with E-state index in [0.29, 0.717) is 12.2 Å². The average molecular weight is 274 g/mol. The van der Waals surface area contributed by atoms with Crippen molar-refractivity contribution in [3.63, 3.8) is 0 Å². The van der Waals surface area contributed by atoms with E-state index in [2.05, 4.69) is 15.4 Å². The van der Waals surface area contributed by atoms with Crippen LogP contribution in [0.3, 0.4) is 0 Å². The Morgan fingerprint density at radius 2 is 2.28 bits per heavy atom. The Labute approximate surface area is 109 Å². The summed E-state index contributed by atoms with van der Waals surface area (Å²) in [6, 6.07) is -0.179. The molecule has 2 amide bonds. The first-order valence-corrected chi connectivity index (χ1v) is 7.51. The molecule has 2 rings (SSSR count). The van der Waals surface area contributed by atoms with Gasteiger partial charge in [-0.15, -0.1) is 0 Å². The van der Waals surface area contributed by atoms with E-state index in [-0.39, 0.29) is 29.3 Å². The first kappa shape index (κ1) is 13.5. The molecule has 2 heterocycles. The molecular formula is C11H18N2O4S. The van der Waals surface area contributed by atoms with Crippen LogP contribution in [0, 0.1) is 0 Å². The highest BCUT2D eigenvalue weighted by Crippen LogP contribution is 2.28. The topological polar surface area (TPSA) is 90.5 Å². The molecule has 0 aromatic carbocycles. The summed E-state index contributed by atoms with van der Waals surface area (Å²) >= 11 is -0.894. The minimum atomic E-state index is -0.894. The summed E-state index contributed by atoms with van der Waals surface area (Å²) in [7, 11) is 1.37. The Hall–Kier alpha value is -0.950.